The summed E-state index contributed by atoms with van der Waals surface area (Å²) in [5.41, 5.74) is 3.45. The molecule has 0 aromatic heterocycles. The number of anilines is 1. The summed E-state index contributed by atoms with van der Waals surface area (Å²) < 4.78 is 0. The number of amides is 2. The maximum Gasteiger partial charge on any atom is 0.269 e. The number of rotatable bonds is 7. The molecular weight excluding hydrogens is 396 g/mol. The highest BCUT2D eigenvalue weighted by atomic mass is 16.6. The average Bonchev–Trinajstić information content (AvgIpc) is 2.75. The maximum atomic E-state index is 12.5. The first-order chi connectivity index (χ1) is 14.8. The molecule has 0 spiro atoms. The molecule has 164 valence electrons. The number of nitro benzene ring substituents is 1. The largest absolute Gasteiger partial charge is 0.340 e. The SMILES string of the molecule is Cc1ccc(CC(=O)N2CCN(CCC(=O)Nc3ccc([N+](=O)[O-])cc3C)CC2)cc1. The Kier molecular flexibility index (Phi) is 7.36. The summed E-state index contributed by atoms with van der Waals surface area (Å²) in [4.78, 5) is 39.2. The van der Waals surface area contributed by atoms with Crippen molar-refractivity contribution in [3.05, 3.63) is 69.3 Å². The summed E-state index contributed by atoms with van der Waals surface area (Å²) in [6, 6.07) is 12.4. The Balaban J connectivity index is 1.40. The van der Waals surface area contributed by atoms with E-state index in [9.17, 15) is 19.7 Å². The number of piperazine rings is 1. The molecule has 1 fully saturated rings. The summed E-state index contributed by atoms with van der Waals surface area (Å²) >= 11 is 0. The van der Waals surface area contributed by atoms with Crippen molar-refractivity contribution in [2.75, 3.05) is 38.0 Å². The fraction of sp³-hybridized carbons (Fsp3) is 0.391. The smallest absolute Gasteiger partial charge is 0.269 e. The van der Waals surface area contributed by atoms with Gasteiger partial charge in [-0.05, 0) is 31.0 Å². The van der Waals surface area contributed by atoms with Crippen molar-refractivity contribution in [1.29, 1.82) is 0 Å². The number of nitrogens with one attached hydrogen (secondary N) is 1. The number of nitro groups is 1. The van der Waals surface area contributed by atoms with Crippen molar-refractivity contribution >= 4 is 23.2 Å². The molecule has 2 aromatic rings. The Bertz CT molecular complexity index is 951. The Labute approximate surface area is 182 Å². The van der Waals surface area contributed by atoms with Gasteiger partial charge in [0.1, 0.15) is 0 Å². The van der Waals surface area contributed by atoms with Crippen molar-refractivity contribution < 1.29 is 14.5 Å². The molecule has 31 heavy (non-hydrogen) atoms. The van der Waals surface area contributed by atoms with Crippen molar-refractivity contribution in [3.63, 3.8) is 0 Å². The molecule has 1 heterocycles. The standard InChI is InChI=1S/C23H28N4O4/c1-17-3-5-19(6-4-17)16-23(29)26-13-11-25(12-14-26)10-9-22(28)24-21-8-7-20(27(30)31)15-18(21)2/h3-8,15H,9-14,16H2,1-2H3,(H,24,28). The topological polar surface area (TPSA) is 95.8 Å². The first-order valence-corrected chi connectivity index (χ1v) is 10.4. The quantitative estimate of drug-likeness (QED) is 0.545. The molecular formula is C23H28N4O4. The fourth-order valence-corrected chi connectivity index (χ4v) is 3.59. The number of hydrogen-bond acceptors (Lipinski definition) is 5. The lowest BCUT2D eigenvalue weighted by atomic mass is 10.1. The average molecular weight is 425 g/mol. The van der Waals surface area contributed by atoms with Gasteiger partial charge in [-0.25, -0.2) is 0 Å². The number of aryl methyl sites for hydroxylation is 2. The molecule has 1 saturated heterocycles. The van der Waals surface area contributed by atoms with E-state index in [4.69, 9.17) is 0 Å². The fourth-order valence-electron chi connectivity index (χ4n) is 3.59. The zero-order valence-electron chi connectivity index (χ0n) is 18.0. The molecule has 0 unspecified atom stereocenters. The molecule has 1 aliphatic rings. The number of carbonyl (C=O) groups is 2. The van der Waals surface area contributed by atoms with E-state index in [1.54, 1.807) is 13.0 Å². The van der Waals surface area contributed by atoms with Crippen LogP contribution in [0.1, 0.15) is 23.1 Å². The molecule has 0 aliphatic carbocycles. The predicted octanol–water partition coefficient (Wildman–Crippen LogP) is 2.93. The van der Waals surface area contributed by atoms with Gasteiger partial charge in [0.25, 0.3) is 5.69 Å². The van der Waals surface area contributed by atoms with E-state index in [2.05, 4.69) is 10.2 Å². The third-order valence-electron chi connectivity index (χ3n) is 5.55. The van der Waals surface area contributed by atoms with E-state index < -0.39 is 4.92 Å². The summed E-state index contributed by atoms with van der Waals surface area (Å²) in [5, 5.41) is 13.6. The van der Waals surface area contributed by atoms with Crippen LogP contribution in [0, 0.1) is 24.0 Å². The Morgan fingerprint density at radius 2 is 1.71 bits per heavy atom. The van der Waals surface area contributed by atoms with Crippen LogP contribution in [0.2, 0.25) is 0 Å². The minimum Gasteiger partial charge on any atom is -0.340 e. The number of carbonyl (C=O) groups excluding carboxylic acids is 2. The molecule has 8 nitrogen and oxygen atoms in total. The van der Waals surface area contributed by atoms with Crippen LogP contribution in [0.15, 0.2) is 42.5 Å². The highest BCUT2D eigenvalue weighted by molar-refractivity contribution is 5.91. The lowest BCUT2D eigenvalue weighted by Gasteiger charge is -2.34. The molecule has 2 aromatic carbocycles. The van der Waals surface area contributed by atoms with Gasteiger partial charge in [-0.15, -0.1) is 0 Å². The maximum absolute atomic E-state index is 12.5. The Hall–Kier alpha value is -3.26. The lowest BCUT2D eigenvalue weighted by Crippen LogP contribution is -2.49. The first kappa shape index (κ1) is 22.4. The van der Waals surface area contributed by atoms with Crippen molar-refractivity contribution in [2.45, 2.75) is 26.7 Å². The number of hydrogen-bond donors (Lipinski definition) is 1. The molecule has 3 rings (SSSR count). The molecule has 0 saturated carbocycles. The van der Waals surface area contributed by atoms with Crippen LogP contribution in [0.25, 0.3) is 0 Å². The van der Waals surface area contributed by atoms with Crippen LogP contribution in [-0.4, -0.2) is 59.3 Å². The van der Waals surface area contributed by atoms with Crippen LogP contribution < -0.4 is 5.32 Å². The van der Waals surface area contributed by atoms with E-state index in [-0.39, 0.29) is 17.5 Å². The Morgan fingerprint density at radius 3 is 2.32 bits per heavy atom. The van der Waals surface area contributed by atoms with Gasteiger partial charge in [0.15, 0.2) is 0 Å². The van der Waals surface area contributed by atoms with Gasteiger partial charge in [0, 0.05) is 57.0 Å². The van der Waals surface area contributed by atoms with Crippen LogP contribution in [0.5, 0.6) is 0 Å². The van der Waals surface area contributed by atoms with E-state index in [1.165, 1.54) is 17.7 Å². The van der Waals surface area contributed by atoms with Crippen LogP contribution in [0.3, 0.4) is 0 Å². The highest BCUT2D eigenvalue weighted by Crippen LogP contribution is 2.21. The van der Waals surface area contributed by atoms with Crippen LogP contribution in [-0.2, 0) is 16.0 Å². The summed E-state index contributed by atoms with van der Waals surface area (Å²) in [7, 11) is 0. The van der Waals surface area contributed by atoms with Crippen molar-refractivity contribution in [1.82, 2.24) is 9.80 Å². The molecule has 0 bridgehead atoms. The minimum atomic E-state index is -0.455. The predicted molar refractivity (Wildman–Crippen MR) is 119 cm³/mol. The monoisotopic (exact) mass is 424 g/mol. The second-order valence-electron chi connectivity index (χ2n) is 7.94. The van der Waals surface area contributed by atoms with Gasteiger partial charge in [-0.3, -0.25) is 24.6 Å². The van der Waals surface area contributed by atoms with Gasteiger partial charge < -0.3 is 10.2 Å². The molecule has 1 aliphatic heterocycles. The van der Waals surface area contributed by atoms with E-state index >= 15 is 0 Å². The van der Waals surface area contributed by atoms with Gasteiger partial charge in [0.05, 0.1) is 11.3 Å². The zero-order valence-corrected chi connectivity index (χ0v) is 18.0. The summed E-state index contributed by atoms with van der Waals surface area (Å²) in [5.74, 6) is 0.00437. The third-order valence-corrected chi connectivity index (χ3v) is 5.55. The van der Waals surface area contributed by atoms with E-state index in [0.29, 0.717) is 43.7 Å². The van der Waals surface area contributed by atoms with Crippen molar-refractivity contribution in [2.24, 2.45) is 0 Å². The number of non-ortho nitro benzene ring substituents is 1. The van der Waals surface area contributed by atoms with Crippen LogP contribution >= 0.6 is 0 Å². The molecule has 0 radical (unpaired) electrons. The molecule has 8 heteroatoms. The van der Waals surface area contributed by atoms with Gasteiger partial charge in [-0.2, -0.15) is 0 Å². The van der Waals surface area contributed by atoms with Gasteiger partial charge in [0.2, 0.25) is 11.8 Å². The number of nitrogens with zero attached hydrogens (tertiary/aromatic N) is 3. The zero-order chi connectivity index (χ0) is 22.4. The summed E-state index contributed by atoms with van der Waals surface area (Å²) in [6.07, 6.45) is 0.741. The lowest BCUT2D eigenvalue weighted by molar-refractivity contribution is -0.384. The van der Waals surface area contributed by atoms with Gasteiger partial charge in [-0.1, -0.05) is 29.8 Å². The minimum absolute atomic E-state index is 0.00490. The second-order valence-corrected chi connectivity index (χ2v) is 7.94. The summed E-state index contributed by atoms with van der Waals surface area (Å²) in [6.45, 7) is 7.17. The molecule has 1 N–H and O–H groups in total. The van der Waals surface area contributed by atoms with E-state index in [0.717, 1.165) is 18.7 Å². The normalized spacial score (nSPS) is 14.3. The van der Waals surface area contributed by atoms with Crippen molar-refractivity contribution in [3.8, 4) is 0 Å². The third kappa shape index (κ3) is 6.36. The number of benzene rings is 2. The molecule has 0 atom stereocenters. The Morgan fingerprint density at radius 1 is 1.03 bits per heavy atom. The van der Waals surface area contributed by atoms with Gasteiger partial charge >= 0.3 is 0 Å². The highest BCUT2D eigenvalue weighted by Gasteiger charge is 2.21. The van der Waals surface area contributed by atoms with Crippen LogP contribution in [0.4, 0.5) is 11.4 Å². The first-order valence-electron chi connectivity index (χ1n) is 10.4. The van der Waals surface area contributed by atoms with E-state index in [1.807, 2.05) is 36.1 Å². The molecule has 2 amide bonds. The second kappa shape index (κ2) is 10.2.